The van der Waals surface area contributed by atoms with Crippen molar-refractivity contribution in [2.24, 2.45) is 0 Å². The number of carbonyl (C=O) groups is 1. The first-order chi connectivity index (χ1) is 10.1. The molecule has 5 heteroatoms. The summed E-state index contributed by atoms with van der Waals surface area (Å²) in [6.45, 7) is 5.43. The lowest BCUT2D eigenvalue weighted by Crippen LogP contribution is -2.38. The van der Waals surface area contributed by atoms with E-state index in [0.29, 0.717) is 24.9 Å². The maximum absolute atomic E-state index is 12.3. The Kier molecular flexibility index (Phi) is 3.64. The van der Waals surface area contributed by atoms with Crippen LogP contribution in [-0.4, -0.2) is 27.1 Å². The van der Waals surface area contributed by atoms with Crippen molar-refractivity contribution in [1.29, 1.82) is 0 Å². The van der Waals surface area contributed by atoms with Crippen molar-refractivity contribution in [2.75, 3.05) is 6.54 Å². The average molecular weight is 285 g/mol. The maximum Gasteiger partial charge on any atom is 0.415 e. The molecule has 1 aliphatic heterocycles. The summed E-state index contributed by atoms with van der Waals surface area (Å²) in [5.41, 5.74) is 2.20. The molecule has 110 valence electrons. The van der Waals surface area contributed by atoms with Crippen LogP contribution in [0.4, 0.5) is 4.79 Å². The number of carbonyl (C=O) groups excluding carboxylic acids is 1. The Hall–Kier alpha value is -2.30. The van der Waals surface area contributed by atoms with Gasteiger partial charge in [0.2, 0.25) is 0 Å². The van der Waals surface area contributed by atoms with Gasteiger partial charge in [-0.2, -0.15) is 0 Å². The first-order valence-corrected chi connectivity index (χ1v) is 7.21. The number of aromatic nitrogens is 2. The number of fused-ring (bicyclic) bond motifs is 1. The number of ether oxygens (including phenoxy) is 1. The highest BCUT2D eigenvalue weighted by molar-refractivity contribution is 5.71. The van der Waals surface area contributed by atoms with E-state index in [1.54, 1.807) is 17.0 Å². The molecule has 0 atom stereocenters. The molecule has 0 unspecified atom stereocenters. The van der Waals surface area contributed by atoms with Crippen LogP contribution < -0.4 is 4.74 Å². The molecule has 2 heterocycles. The van der Waals surface area contributed by atoms with Crippen molar-refractivity contribution < 1.29 is 9.53 Å². The number of hydrogen-bond acceptors (Lipinski definition) is 3. The van der Waals surface area contributed by atoms with E-state index in [2.05, 4.69) is 23.4 Å². The fraction of sp³-hybridized carbons (Fsp3) is 0.375. The second kappa shape index (κ2) is 5.60. The van der Waals surface area contributed by atoms with Gasteiger partial charge >= 0.3 is 6.09 Å². The minimum Gasteiger partial charge on any atom is -0.410 e. The van der Waals surface area contributed by atoms with Crippen LogP contribution in [0.2, 0.25) is 0 Å². The summed E-state index contributed by atoms with van der Waals surface area (Å²) in [6.07, 6.45) is 2.34. The lowest BCUT2D eigenvalue weighted by Gasteiger charge is -2.27. The average Bonchev–Trinajstić information content (AvgIpc) is 2.91. The summed E-state index contributed by atoms with van der Waals surface area (Å²) < 4.78 is 7.53. The van der Waals surface area contributed by atoms with E-state index < -0.39 is 0 Å². The zero-order valence-electron chi connectivity index (χ0n) is 12.3. The number of imidazole rings is 1. The van der Waals surface area contributed by atoms with Crippen molar-refractivity contribution in [3.8, 4) is 5.75 Å². The molecule has 0 fully saturated rings. The van der Waals surface area contributed by atoms with E-state index in [0.717, 1.165) is 17.8 Å². The van der Waals surface area contributed by atoms with Gasteiger partial charge in [0.25, 0.3) is 0 Å². The van der Waals surface area contributed by atoms with E-state index >= 15 is 0 Å². The van der Waals surface area contributed by atoms with Crippen LogP contribution in [0.5, 0.6) is 5.75 Å². The van der Waals surface area contributed by atoms with Gasteiger partial charge in [0.15, 0.2) is 0 Å². The van der Waals surface area contributed by atoms with Gasteiger partial charge in [-0.15, -0.1) is 0 Å². The monoisotopic (exact) mass is 285 g/mol. The lowest BCUT2D eigenvalue weighted by atomic mass is 10.1. The van der Waals surface area contributed by atoms with Crippen molar-refractivity contribution >= 4 is 6.09 Å². The molecule has 21 heavy (non-hydrogen) atoms. The molecule has 5 nitrogen and oxygen atoms in total. The number of benzene rings is 1. The van der Waals surface area contributed by atoms with Crippen LogP contribution >= 0.6 is 0 Å². The van der Waals surface area contributed by atoms with Gasteiger partial charge < -0.3 is 14.2 Å². The highest BCUT2D eigenvalue weighted by Crippen LogP contribution is 2.22. The van der Waals surface area contributed by atoms with Crippen molar-refractivity contribution in [2.45, 2.75) is 32.9 Å². The number of hydrogen-bond donors (Lipinski definition) is 0. The molecule has 0 spiro atoms. The molecule has 0 aliphatic carbocycles. The van der Waals surface area contributed by atoms with E-state index in [4.69, 9.17) is 4.74 Å². The van der Waals surface area contributed by atoms with Gasteiger partial charge in [0.05, 0.1) is 24.3 Å². The highest BCUT2D eigenvalue weighted by atomic mass is 16.6. The largest absolute Gasteiger partial charge is 0.415 e. The number of para-hydroxylation sites is 1. The predicted octanol–water partition coefficient (Wildman–Crippen LogP) is 3.02. The Balaban J connectivity index is 1.73. The number of nitrogens with zero attached hydrogens (tertiary/aromatic N) is 3. The second-order valence-corrected chi connectivity index (χ2v) is 5.49. The second-order valence-electron chi connectivity index (χ2n) is 5.49. The molecule has 0 saturated heterocycles. The van der Waals surface area contributed by atoms with Gasteiger partial charge in [0.1, 0.15) is 5.75 Å². The third-order valence-electron chi connectivity index (χ3n) is 3.70. The van der Waals surface area contributed by atoms with Gasteiger partial charge in [-0.1, -0.05) is 18.2 Å². The Morgan fingerprint density at radius 2 is 2.05 bits per heavy atom. The third kappa shape index (κ3) is 2.77. The van der Waals surface area contributed by atoms with Gasteiger partial charge in [-0.05, 0) is 26.0 Å². The predicted molar refractivity (Wildman–Crippen MR) is 79.2 cm³/mol. The normalized spacial score (nSPS) is 14.1. The van der Waals surface area contributed by atoms with Crippen LogP contribution in [0.1, 0.15) is 31.3 Å². The SMILES string of the molecule is CC(C)n1cnc2c1CN(C(=O)Oc1ccccc1)CC2. The van der Waals surface area contributed by atoms with Crippen molar-refractivity contribution in [1.82, 2.24) is 14.5 Å². The minimum absolute atomic E-state index is 0.302. The van der Waals surface area contributed by atoms with E-state index in [9.17, 15) is 4.79 Å². The topological polar surface area (TPSA) is 47.4 Å². The van der Waals surface area contributed by atoms with Crippen LogP contribution in [0.15, 0.2) is 36.7 Å². The molecule has 0 bridgehead atoms. The van der Waals surface area contributed by atoms with Crippen LogP contribution in [0.25, 0.3) is 0 Å². The zero-order valence-corrected chi connectivity index (χ0v) is 12.3. The molecule has 1 amide bonds. The Bertz CT molecular complexity index is 634. The molecule has 0 saturated carbocycles. The van der Waals surface area contributed by atoms with Crippen LogP contribution in [-0.2, 0) is 13.0 Å². The smallest absolute Gasteiger partial charge is 0.410 e. The van der Waals surface area contributed by atoms with Crippen molar-refractivity contribution in [3.05, 3.63) is 48.0 Å². The lowest BCUT2D eigenvalue weighted by molar-refractivity contribution is 0.145. The molecule has 1 aromatic heterocycles. The van der Waals surface area contributed by atoms with Gasteiger partial charge in [0, 0.05) is 19.0 Å². The molecule has 1 aliphatic rings. The Morgan fingerprint density at radius 3 is 2.76 bits per heavy atom. The summed E-state index contributed by atoms with van der Waals surface area (Å²) >= 11 is 0. The zero-order chi connectivity index (χ0) is 14.8. The summed E-state index contributed by atoms with van der Waals surface area (Å²) in [4.78, 5) is 18.4. The van der Waals surface area contributed by atoms with E-state index in [1.165, 1.54) is 0 Å². The highest BCUT2D eigenvalue weighted by Gasteiger charge is 2.26. The maximum atomic E-state index is 12.3. The number of amides is 1. The fourth-order valence-corrected chi connectivity index (χ4v) is 2.56. The first kappa shape index (κ1) is 13.7. The molecule has 0 N–H and O–H groups in total. The van der Waals surface area contributed by atoms with Crippen LogP contribution in [0, 0.1) is 0 Å². The quantitative estimate of drug-likeness (QED) is 0.852. The van der Waals surface area contributed by atoms with E-state index in [-0.39, 0.29) is 6.09 Å². The molecule has 1 aromatic carbocycles. The summed E-state index contributed by atoms with van der Waals surface area (Å²) in [7, 11) is 0. The van der Waals surface area contributed by atoms with Gasteiger partial charge in [-0.3, -0.25) is 0 Å². The Morgan fingerprint density at radius 1 is 1.29 bits per heavy atom. The molecule has 0 radical (unpaired) electrons. The summed E-state index contributed by atoms with van der Waals surface area (Å²) in [5.74, 6) is 0.575. The first-order valence-electron chi connectivity index (χ1n) is 7.21. The Labute approximate surface area is 124 Å². The minimum atomic E-state index is -0.302. The molecule has 3 rings (SSSR count). The molecular formula is C16H19N3O2. The van der Waals surface area contributed by atoms with E-state index in [1.807, 2.05) is 24.5 Å². The standard InChI is InChI=1S/C16H19N3O2/c1-12(2)19-11-17-14-8-9-18(10-15(14)19)16(20)21-13-6-4-3-5-7-13/h3-7,11-12H,8-10H2,1-2H3. The molecular weight excluding hydrogens is 266 g/mol. The summed E-state index contributed by atoms with van der Waals surface area (Å²) in [6, 6.07) is 9.50. The van der Waals surface area contributed by atoms with Crippen molar-refractivity contribution in [3.63, 3.8) is 0 Å². The third-order valence-corrected chi connectivity index (χ3v) is 3.70. The number of rotatable bonds is 2. The fourth-order valence-electron chi connectivity index (χ4n) is 2.56. The van der Waals surface area contributed by atoms with Gasteiger partial charge in [-0.25, -0.2) is 9.78 Å². The van der Waals surface area contributed by atoms with Crippen LogP contribution in [0.3, 0.4) is 0 Å². The summed E-state index contributed by atoms with van der Waals surface area (Å²) in [5, 5.41) is 0. The molecule has 2 aromatic rings.